The summed E-state index contributed by atoms with van der Waals surface area (Å²) in [5, 5.41) is 7.80. The lowest BCUT2D eigenvalue weighted by Gasteiger charge is -2.30. The second-order valence-corrected chi connectivity index (χ2v) is 5.79. The topological polar surface area (TPSA) is 69.0 Å². The molecule has 124 valence electrons. The summed E-state index contributed by atoms with van der Waals surface area (Å²) in [5.74, 6) is -0.251. The molecule has 0 fully saturated rings. The smallest absolute Gasteiger partial charge is 0.307 e. The van der Waals surface area contributed by atoms with E-state index in [9.17, 15) is 4.79 Å². The molecule has 0 bridgehead atoms. The van der Waals surface area contributed by atoms with Crippen molar-refractivity contribution in [2.24, 2.45) is 0 Å². The van der Waals surface area contributed by atoms with Gasteiger partial charge in [0.15, 0.2) is 0 Å². The second-order valence-electron chi connectivity index (χ2n) is 5.79. The summed E-state index contributed by atoms with van der Waals surface area (Å²) in [6.07, 6.45) is 8.63. The molecule has 0 aliphatic carbocycles. The zero-order valence-electron chi connectivity index (χ0n) is 14.0. The Kier molecular flexibility index (Phi) is 5.87. The third kappa shape index (κ3) is 4.63. The van der Waals surface area contributed by atoms with Crippen molar-refractivity contribution in [1.82, 2.24) is 20.1 Å². The molecule has 0 spiro atoms. The first-order valence-corrected chi connectivity index (χ1v) is 7.81. The first-order chi connectivity index (χ1) is 11.1. The molecule has 1 atom stereocenters. The predicted molar refractivity (Wildman–Crippen MR) is 87.6 cm³/mol. The molecule has 0 saturated carbocycles. The Labute approximate surface area is 136 Å². The largest absolute Gasteiger partial charge is 0.469 e. The molecule has 0 amide bonds. The summed E-state index contributed by atoms with van der Waals surface area (Å²) in [5.41, 5.74) is 1.56. The maximum Gasteiger partial charge on any atom is 0.307 e. The van der Waals surface area contributed by atoms with Gasteiger partial charge in [-0.2, -0.15) is 5.10 Å². The van der Waals surface area contributed by atoms with Crippen molar-refractivity contribution in [2.45, 2.75) is 45.3 Å². The van der Waals surface area contributed by atoms with Gasteiger partial charge >= 0.3 is 5.97 Å². The number of aromatic nitrogens is 3. The lowest BCUT2D eigenvalue weighted by molar-refractivity contribution is -0.142. The minimum Gasteiger partial charge on any atom is -0.469 e. The molecular formula is C17H24N4O2. The van der Waals surface area contributed by atoms with Crippen LogP contribution in [-0.4, -0.2) is 27.8 Å². The van der Waals surface area contributed by atoms with E-state index < -0.39 is 5.54 Å². The van der Waals surface area contributed by atoms with E-state index in [2.05, 4.69) is 22.3 Å². The van der Waals surface area contributed by atoms with Crippen LogP contribution in [0.15, 0.2) is 36.9 Å². The van der Waals surface area contributed by atoms with Gasteiger partial charge in [-0.15, -0.1) is 0 Å². The summed E-state index contributed by atoms with van der Waals surface area (Å²) < 4.78 is 6.78. The standard InChI is InChI=1S/C17H24N4O2/c1-4-9-21-13-14(12-20-21)11-19-17(2,10-16(22)23-3)15-5-7-18-8-6-15/h5-8,12-13,19H,4,9-11H2,1-3H3/t17-/m1/s1. The van der Waals surface area contributed by atoms with E-state index in [1.807, 2.05) is 36.1 Å². The maximum absolute atomic E-state index is 11.8. The van der Waals surface area contributed by atoms with E-state index in [0.29, 0.717) is 6.54 Å². The fourth-order valence-corrected chi connectivity index (χ4v) is 2.49. The Morgan fingerprint density at radius 2 is 2.13 bits per heavy atom. The fourth-order valence-electron chi connectivity index (χ4n) is 2.49. The quantitative estimate of drug-likeness (QED) is 0.757. The molecule has 0 radical (unpaired) electrons. The van der Waals surface area contributed by atoms with Gasteiger partial charge in [-0.3, -0.25) is 14.5 Å². The van der Waals surface area contributed by atoms with Crippen molar-refractivity contribution in [3.8, 4) is 0 Å². The van der Waals surface area contributed by atoms with E-state index in [-0.39, 0.29) is 12.4 Å². The van der Waals surface area contributed by atoms with Gasteiger partial charge in [0.1, 0.15) is 0 Å². The second kappa shape index (κ2) is 7.87. The fraction of sp³-hybridized carbons (Fsp3) is 0.471. The van der Waals surface area contributed by atoms with E-state index in [4.69, 9.17) is 4.74 Å². The van der Waals surface area contributed by atoms with E-state index >= 15 is 0 Å². The normalized spacial score (nSPS) is 13.5. The number of ether oxygens (including phenoxy) is 1. The zero-order valence-corrected chi connectivity index (χ0v) is 14.0. The van der Waals surface area contributed by atoms with Crippen LogP contribution in [0, 0.1) is 0 Å². The van der Waals surface area contributed by atoms with Gasteiger partial charge in [0.25, 0.3) is 0 Å². The van der Waals surface area contributed by atoms with Crippen LogP contribution in [0.2, 0.25) is 0 Å². The minimum absolute atomic E-state index is 0.247. The summed E-state index contributed by atoms with van der Waals surface area (Å²) >= 11 is 0. The molecule has 0 aliphatic heterocycles. The number of pyridine rings is 1. The van der Waals surface area contributed by atoms with Gasteiger partial charge in [0, 0.05) is 37.2 Å². The lowest BCUT2D eigenvalue weighted by atomic mass is 9.89. The van der Waals surface area contributed by atoms with Crippen molar-refractivity contribution >= 4 is 5.97 Å². The summed E-state index contributed by atoms with van der Waals surface area (Å²) in [6, 6.07) is 3.83. The lowest BCUT2D eigenvalue weighted by Crippen LogP contribution is -2.41. The SMILES string of the molecule is CCCn1cc(CN[C@](C)(CC(=O)OC)c2ccncc2)cn1. The number of hydrogen-bond acceptors (Lipinski definition) is 5. The number of nitrogens with one attached hydrogen (secondary N) is 1. The average Bonchev–Trinajstić information content (AvgIpc) is 3.02. The number of carbonyl (C=O) groups is 1. The van der Waals surface area contributed by atoms with Crippen LogP contribution in [0.25, 0.3) is 0 Å². The third-order valence-electron chi connectivity index (χ3n) is 3.87. The molecule has 1 N–H and O–H groups in total. The summed E-state index contributed by atoms with van der Waals surface area (Å²) in [7, 11) is 1.41. The molecule has 0 aliphatic rings. The number of esters is 1. The highest BCUT2D eigenvalue weighted by molar-refractivity contribution is 5.71. The zero-order chi connectivity index (χ0) is 16.7. The number of hydrogen-bond donors (Lipinski definition) is 1. The van der Waals surface area contributed by atoms with Crippen LogP contribution in [0.5, 0.6) is 0 Å². The van der Waals surface area contributed by atoms with Crippen molar-refractivity contribution in [1.29, 1.82) is 0 Å². The van der Waals surface area contributed by atoms with Gasteiger partial charge in [-0.25, -0.2) is 0 Å². The van der Waals surface area contributed by atoms with E-state index in [0.717, 1.165) is 24.1 Å². The van der Waals surface area contributed by atoms with Crippen molar-refractivity contribution < 1.29 is 9.53 Å². The Hall–Kier alpha value is -2.21. The molecule has 2 heterocycles. The minimum atomic E-state index is -0.525. The van der Waals surface area contributed by atoms with Gasteiger partial charge < -0.3 is 10.1 Å². The van der Waals surface area contributed by atoms with Crippen LogP contribution >= 0.6 is 0 Å². The first kappa shape index (κ1) is 17.1. The van der Waals surface area contributed by atoms with Gasteiger partial charge in [-0.05, 0) is 31.0 Å². The molecule has 2 aromatic heterocycles. The third-order valence-corrected chi connectivity index (χ3v) is 3.87. The molecule has 0 saturated heterocycles. The summed E-state index contributed by atoms with van der Waals surface area (Å²) in [6.45, 7) is 5.65. The van der Waals surface area contributed by atoms with Gasteiger partial charge in [0.2, 0.25) is 0 Å². The molecule has 2 aromatic rings. The van der Waals surface area contributed by atoms with Crippen molar-refractivity contribution in [3.63, 3.8) is 0 Å². The number of aryl methyl sites for hydroxylation is 1. The van der Waals surface area contributed by atoms with Crippen LogP contribution in [0.4, 0.5) is 0 Å². The predicted octanol–water partition coefficient (Wildman–Crippen LogP) is 2.26. The molecule has 6 nitrogen and oxygen atoms in total. The maximum atomic E-state index is 11.8. The van der Waals surface area contributed by atoms with Crippen LogP contribution in [0.1, 0.15) is 37.8 Å². The Morgan fingerprint density at radius 1 is 1.39 bits per heavy atom. The average molecular weight is 316 g/mol. The number of methoxy groups -OCH3 is 1. The molecule has 2 rings (SSSR count). The Bertz CT molecular complexity index is 627. The molecule has 23 heavy (non-hydrogen) atoms. The van der Waals surface area contributed by atoms with Gasteiger partial charge in [0.05, 0.1) is 25.3 Å². The molecule has 0 unspecified atom stereocenters. The number of nitrogens with zero attached hydrogens (tertiary/aromatic N) is 3. The highest BCUT2D eigenvalue weighted by Gasteiger charge is 2.29. The van der Waals surface area contributed by atoms with Crippen LogP contribution < -0.4 is 5.32 Å². The molecular weight excluding hydrogens is 292 g/mol. The highest BCUT2D eigenvalue weighted by atomic mass is 16.5. The number of carbonyl (C=O) groups excluding carboxylic acids is 1. The van der Waals surface area contributed by atoms with Crippen LogP contribution in [-0.2, 0) is 28.2 Å². The number of rotatable bonds is 8. The van der Waals surface area contributed by atoms with E-state index in [1.54, 1.807) is 12.4 Å². The molecule has 6 heteroatoms. The highest BCUT2D eigenvalue weighted by Crippen LogP contribution is 2.25. The van der Waals surface area contributed by atoms with Gasteiger partial charge in [-0.1, -0.05) is 6.92 Å². The first-order valence-electron chi connectivity index (χ1n) is 7.81. The Balaban J connectivity index is 2.12. The van der Waals surface area contributed by atoms with E-state index in [1.165, 1.54) is 7.11 Å². The summed E-state index contributed by atoms with van der Waals surface area (Å²) in [4.78, 5) is 15.9. The van der Waals surface area contributed by atoms with Crippen molar-refractivity contribution in [3.05, 3.63) is 48.0 Å². The monoisotopic (exact) mass is 316 g/mol. The van der Waals surface area contributed by atoms with Crippen LogP contribution in [0.3, 0.4) is 0 Å². The molecule has 0 aromatic carbocycles. The Morgan fingerprint density at radius 3 is 2.78 bits per heavy atom. The van der Waals surface area contributed by atoms with Crippen molar-refractivity contribution in [2.75, 3.05) is 7.11 Å².